The van der Waals surface area contributed by atoms with Crippen molar-refractivity contribution in [3.05, 3.63) is 63.7 Å². The Labute approximate surface area is 156 Å². The second-order valence-electron chi connectivity index (χ2n) is 5.59. The highest BCUT2D eigenvalue weighted by molar-refractivity contribution is 6.20. The molecule has 5 N–H and O–H groups in total. The highest BCUT2D eigenvalue weighted by atomic mass is 16.4. The van der Waals surface area contributed by atoms with Gasteiger partial charge in [-0.3, -0.25) is 4.79 Å². The number of aromatic carboxylic acids is 4. The Hall–Kier alpha value is -4.21. The molecule has 28 heavy (non-hydrogen) atoms. The molecule has 2 aromatic rings. The monoisotopic (exact) mass is 387 g/mol. The lowest BCUT2D eigenvalue weighted by atomic mass is 9.90. The summed E-state index contributed by atoms with van der Waals surface area (Å²) in [5.74, 6) is -8.78. The minimum atomic E-state index is -2.00. The Morgan fingerprint density at radius 1 is 0.714 bits per heavy atom. The number of carbonyl (C=O) groups is 5. The van der Waals surface area contributed by atoms with Gasteiger partial charge in [0.15, 0.2) is 0 Å². The number of aryl methyl sites for hydroxylation is 1. The number of para-hydroxylation sites is 1. The van der Waals surface area contributed by atoms with Crippen LogP contribution < -0.4 is 5.32 Å². The van der Waals surface area contributed by atoms with E-state index in [-0.39, 0.29) is 5.69 Å². The molecule has 0 saturated carbocycles. The third-order valence-corrected chi connectivity index (χ3v) is 3.84. The van der Waals surface area contributed by atoms with Crippen LogP contribution in [0.1, 0.15) is 57.4 Å². The molecule has 0 fully saturated rings. The van der Waals surface area contributed by atoms with Crippen molar-refractivity contribution in [3.8, 4) is 0 Å². The van der Waals surface area contributed by atoms with Gasteiger partial charge in [-0.1, -0.05) is 18.2 Å². The zero-order valence-corrected chi connectivity index (χ0v) is 14.2. The molecule has 2 aromatic carbocycles. The minimum absolute atomic E-state index is 0.278. The highest BCUT2D eigenvalue weighted by Crippen LogP contribution is 2.26. The molecule has 0 saturated heterocycles. The Bertz CT molecular complexity index is 1040. The zero-order valence-electron chi connectivity index (χ0n) is 14.2. The van der Waals surface area contributed by atoms with E-state index < -0.39 is 57.6 Å². The third kappa shape index (κ3) is 3.65. The molecule has 0 aliphatic heterocycles. The molecule has 10 heteroatoms. The standard InChI is InChI=1S/C18H13NO9/c1-7-4-2-3-5-10(7)19-14(20)8-6-9(15(21)22)12(17(25)26)13(18(27)28)11(8)16(23)24/h2-6H,1H3,(H,19,20)(H,21,22)(H,23,24)(H,25,26)(H,27,28). The highest BCUT2D eigenvalue weighted by Gasteiger charge is 2.34. The van der Waals surface area contributed by atoms with Crippen molar-refractivity contribution in [1.29, 1.82) is 0 Å². The molecule has 0 aromatic heterocycles. The average molecular weight is 387 g/mol. The molecule has 0 aliphatic rings. The van der Waals surface area contributed by atoms with E-state index in [1.165, 1.54) is 6.07 Å². The van der Waals surface area contributed by atoms with Crippen LogP contribution in [0.4, 0.5) is 5.69 Å². The number of carbonyl (C=O) groups excluding carboxylic acids is 1. The molecule has 2 rings (SSSR count). The molecule has 10 nitrogen and oxygen atoms in total. The number of hydrogen-bond acceptors (Lipinski definition) is 5. The summed E-state index contributed by atoms with van der Waals surface area (Å²) in [5, 5.41) is 39.6. The summed E-state index contributed by atoms with van der Waals surface area (Å²) in [6.45, 7) is 1.65. The number of carboxylic acid groups (broad SMARTS) is 4. The molecule has 0 bridgehead atoms. The van der Waals surface area contributed by atoms with Crippen molar-refractivity contribution in [3.63, 3.8) is 0 Å². The molecule has 0 atom stereocenters. The summed E-state index contributed by atoms with van der Waals surface area (Å²) in [5.41, 5.74) is -4.59. The number of anilines is 1. The van der Waals surface area contributed by atoms with Crippen molar-refractivity contribution >= 4 is 35.5 Å². The maximum atomic E-state index is 12.6. The van der Waals surface area contributed by atoms with E-state index in [1.54, 1.807) is 25.1 Å². The van der Waals surface area contributed by atoms with Crippen LogP contribution in [0.2, 0.25) is 0 Å². The molecule has 1 amide bonds. The van der Waals surface area contributed by atoms with Gasteiger partial charge < -0.3 is 25.7 Å². The van der Waals surface area contributed by atoms with E-state index >= 15 is 0 Å². The zero-order chi connectivity index (χ0) is 21.2. The normalized spacial score (nSPS) is 10.2. The van der Waals surface area contributed by atoms with E-state index in [9.17, 15) is 44.4 Å². The Balaban J connectivity index is 2.83. The Morgan fingerprint density at radius 3 is 1.68 bits per heavy atom. The molecule has 0 aliphatic carbocycles. The summed E-state index contributed by atoms with van der Waals surface area (Å²) in [7, 11) is 0. The summed E-state index contributed by atoms with van der Waals surface area (Å²) in [6, 6.07) is 6.94. The molecule has 0 unspecified atom stereocenters. The average Bonchev–Trinajstić information content (AvgIpc) is 2.61. The van der Waals surface area contributed by atoms with E-state index in [1.807, 2.05) is 0 Å². The first-order valence-corrected chi connectivity index (χ1v) is 7.57. The molecule has 0 radical (unpaired) electrons. The number of carboxylic acids is 4. The van der Waals surface area contributed by atoms with Gasteiger partial charge in [0.05, 0.1) is 27.8 Å². The molecule has 0 spiro atoms. The van der Waals surface area contributed by atoms with Gasteiger partial charge in [0.1, 0.15) is 0 Å². The van der Waals surface area contributed by atoms with Crippen molar-refractivity contribution < 1.29 is 44.4 Å². The fourth-order valence-electron chi connectivity index (χ4n) is 2.59. The summed E-state index contributed by atoms with van der Waals surface area (Å²) in [4.78, 5) is 58.7. The molecular weight excluding hydrogens is 374 g/mol. The van der Waals surface area contributed by atoms with Gasteiger partial charge in [-0.2, -0.15) is 0 Å². The van der Waals surface area contributed by atoms with Gasteiger partial charge in [-0.05, 0) is 24.6 Å². The van der Waals surface area contributed by atoms with Crippen molar-refractivity contribution in [2.24, 2.45) is 0 Å². The number of nitrogens with one attached hydrogen (secondary N) is 1. The molecule has 0 heterocycles. The van der Waals surface area contributed by atoms with Crippen LogP contribution in [0.3, 0.4) is 0 Å². The van der Waals surface area contributed by atoms with Crippen LogP contribution in [-0.2, 0) is 0 Å². The predicted octanol–water partition coefficient (Wildman–Crippen LogP) is 2.04. The fourth-order valence-corrected chi connectivity index (χ4v) is 2.59. The summed E-state index contributed by atoms with van der Waals surface area (Å²) in [6.07, 6.45) is 0. The van der Waals surface area contributed by atoms with Gasteiger partial charge >= 0.3 is 23.9 Å². The largest absolute Gasteiger partial charge is 0.478 e. The lowest BCUT2D eigenvalue weighted by Crippen LogP contribution is -2.25. The van der Waals surface area contributed by atoms with Gasteiger partial charge in [0.2, 0.25) is 0 Å². The van der Waals surface area contributed by atoms with Crippen LogP contribution in [0.25, 0.3) is 0 Å². The first-order valence-electron chi connectivity index (χ1n) is 7.57. The van der Waals surface area contributed by atoms with Gasteiger partial charge in [0.25, 0.3) is 5.91 Å². The van der Waals surface area contributed by atoms with Gasteiger partial charge in [-0.25, -0.2) is 19.2 Å². The second-order valence-corrected chi connectivity index (χ2v) is 5.59. The lowest BCUT2D eigenvalue weighted by molar-refractivity contribution is 0.0618. The minimum Gasteiger partial charge on any atom is -0.478 e. The molecule has 144 valence electrons. The number of benzene rings is 2. The first kappa shape index (κ1) is 20.1. The SMILES string of the molecule is Cc1ccccc1NC(=O)c1cc(C(=O)O)c(C(=O)O)c(C(=O)O)c1C(=O)O. The van der Waals surface area contributed by atoms with E-state index in [4.69, 9.17) is 0 Å². The predicted molar refractivity (Wildman–Crippen MR) is 93.4 cm³/mol. The van der Waals surface area contributed by atoms with Crippen LogP contribution in [0.5, 0.6) is 0 Å². The van der Waals surface area contributed by atoms with Crippen LogP contribution in [0, 0.1) is 6.92 Å². The van der Waals surface area contributed by atoms with Crippen LogP contribution >= 0.6 is 0 Å². The lowest BCUT2D eigenvalue weighted by Gasteiger charge is -2.15. The van der Waals surface area contributed by atoms with Crippen molar-refractivity contribution in [2.45, 2.75) is 6.92 Å². The Kier molecular flexibility index (Phi) is 5.44. The quantitative estimate of drug-likeness (QED) is 0.496. The van der Waals surface area contributed by atoms with Crippen LogP contribution in [-0.4, -0.2) is 50.2 Å². The summed E-state index contributed by atoms with van der Waals surface area (Å²) >= 11 is 0. The second kappa shape index (κ2) is 7.58. The Morgan fingerprint density at radius 2 is 1.21 bits per heavy atom. The van der Waals surface area contributed by atoms with Crippen molar-refractivity contribution in [1.82, 2.24) is 0 Å². The van der Waals surface area contributed by atoms with E-state index in [0.717, 1.165) is 0 Å². The van der Waals surface area contributed by atoms with Crippen LogP contribution in [0.15, 0.2) is 30.3 Å². The van der Waals surface area contributed by atoms with E-state index in [2.05, 4.69) is 5.32 Å². The number of rotatable bonds is 6. The maximum Gasteiger partial charge on any atom is 0.337 e. The van der Waals surface area contributed by atoms with Gasteiger partial charge in [0, 0.05) is 5.69 Å². The number of amides is 1. The maximum absolute atomic E-state index is 12.6. The topological polar surface area (TPSA) is 178 Å². The first-order chi connectivity index (χ1) is 13.1. The van der Waals surface area contributed by atoms with Gasteiger partial charge in [-0.15, -0.1) is 0 Å². The third-order valence-electron chi connectivity index (χ3n) is 3.84. The smallest absolute Gasteiger partial charge is 0.337 e. The van der Waals surface area contributed by atoms with E-state index in [0.29, 0.717) is 11.6 Å². The van der Waals surface area contributed by atoms with Crippen molar-refractivity contribution in [2.75, 3.05) is 5.32 Å². The summed E-state index contributed by atoms with van der Waals surface area (Å²) < 4.78 is 0. The number of hydrogen-bond donors (Lipinski definition) is 5. The molecular formula is C18H13NO9. The fraction of sp³-hybridized carbons (Fsp3) is 0.0556.